The number of methoxy groups -OCH3 is 1. The van der Waals surface area contributed by atoms with Crippen LogP contribution in [0.2, 0.25) is 0 Å². The van der Waals surface area contributed by atoms with Crippen LogP contribution in [0.25, 0.3) is 0 Å². The Morgan fingerprint density at radius 1 is 1.25 bits per heavy atom. The molecule has 0 spiro atoms. The lowest BCUT2D eigenvalue weighted by molar-refractivity contribution is 0.0696. The number of rotatable bonds is 5. The number of benzene rings is 1. The fraction of sp³-hybridized carbons (Fsp3) is 0.200. The van der Waals surface area contributed by atoms with Crippen LogP contribution in [-0.4, -0.2) is 23.2 Å². The number of carboxylic acid groups (broad SMARTS) is 1. The minimum Gasteiger partial charge on any atom is -0.497 e. The summed E-state index contributed by atoms with van der Waals surface area (Å²) in [6.07, 6.45) is 0. The lowest BCUT2D eigenvalue weighted by Gasteiger charge is -2.08. The molecule has 0 fully saturated rings. The maximum atomic E-state index is 10.9. The van der Waals surface area contributed by atoms with Crippen LogP contribution in [-0.2, 0) is 6.61 Å². The van der Waals surface area contributed by atoms with Crippen molar-refractivity contribution >= 4 is 5.97 Å². The van der Waals surface area contributed by atoms with Gasteiger partial charge < -0.3 is 14.6 Å². The minimum absolute atomic E-state index is 0.192. The van der Waals surface area contributed by atoms with E-state index in [1.54, 1.807) is 25.3 Å². The van der Waals surface area contributed by atoms with Crippen molar-refractivity contribution in [2.24, 2.45) is 0 Å². The molecule has 0 saturated heterocycles. The third-order valence-electron chi connectivity index (χ3n) is 2.68. The average molecular weight is 273 g/mol. The van der Waals surface area contributed by atoms with E-state index in [1.165, 1.54) is 12.1 Å². The number of carbonyl (C=O) groups is 1. The summed E-state index contributed by atoms with van der Waals surface area (Å²) in [7, 11) is 1.59. The maximum absolute atomic E-state index is 10.9. The summed E-state index contributed by atoms with van der Waals surface area (Å²) in [6, 6.07) is 9.96. The number of aryl methyl sites for hydroxylation is 1. The van der Waals surface area contributed by atoms with Crippen LogP contribution in [0.5, 0.6) is 11.5 Å². The number of hydrogen-bond acceptors (Lipinski definition) is 4. The Hall–Kier alpha value is -2.56. The molecule has 0 bridgehead atoms. The number of aromatic nitrogens is 1. The van der Waals surface area contributed by atoms with Crippen molar-refractivity contribution in [3.05, 3.63) is 53.3 Å². The van der Waals surface area contributed by atoms with Crippen molar-refractivity contribution in [1.82, 2.24) is 4.98 Å². The third kappa shape index (κ3) is 3.47. The van der Waals surface area contributed by atoms with Crippen LogP contribution in [0.15, 0.2) is 36.4 Å². The van der Waals surface area contributed by atoms with E-state index < -0.39 is 5.97 Å². The van der Waals surface area contributed by atoms with Gasteiger partial charge in [0.1, 0.15) is 18.1 Å². The molecule has 5 heteroatoms. The van der Waals surface area contributed by atoms with Gasteiger partial charge in [0.15, 0.2) is 0 Å². The van der Waals surface area contributed by atoms with Crippen molar-refractivity contribution in [2.75, 3.05) is 7.11 Å². The van der Waals surface area contributed by atoms with Crippen molar-refractivity contribution in [2.45, 2.75) is 13.5 Å². The van der Waals surface area contributed by atoms with Crippen LogP contribution >= 0.6 is 0 Å². The largest absolute Gasteiger partial charge is 0.497 e. The molecule has 20 heavy (non-hydrogen) atoms. The Kier molecular flexibility index (Phi) is 4.20. The molecular weight excluding hydrogens is 258 g/mol. The average Bonchev–Trinajstić information content (AvgIpc) is 2.44. The zero-order valence-electron chi connectivity index (χ0n) is 11.3. The number of carboxylic acids is 1. The number of aromatic carboxylic acids is 1. The number of hydrogen-bond donors (Lipinski definition) is 1. The summed E-state index contributed by atoms with van der Waals surface area (Å²) >= 11 is 0. The summed E-state index contributed by atoms with van der Waals surface area (Å²) in [5, 5.41) is 8.91. The third-order valence-corrected chi connectivity index (χ3v) is 2.68. The van der Waals surface area contributed by atoms with Crippen LogP contribution in [0.4, 0.5) is 0 Å². The highest BCUT2D eigenvalue weighted by atomic mass is 16.5. The molecule has 0 aliphatic rings. The summed E-state index contributed by atoms with van der Waals surface area (Å²) in [5.74, 6) is 0.230. The van der Waals surface area contributed by atoms with Crippen molar-refractivity contribution in [1.29, 1.82) is 0 Å². The van der Waals surface area contributed by atoms with Gasteiger partial charge in [0.2, 0.25) is 0 Å². The first-order valence-electron chi connectivity index (χ1n) is 6.06. The van der Waals surface area contributed by atoms with Crippen LogP contribution < -0.4 is 9.47 Å². The second kappa shape index (κ2) is 6.06. The van der Waals surface area contributed by atoms with Gasteiger partial charge in [-0.25, -0.2) is 4.79 Å². The Labute approximate surface area is 116 Å². The van der Waals surface area contributed by atoms with E-state index in [0.717, 1.165) is 17.1 Å². The minimum atomic E-state index is -0.981. The van der Waals surface area contributed by atoms with Gasteiger partial charge in [-0.1, -0.05) is 6.07 Å². The highest BCUT2D eigenvalue weighted by molar-refractivity contribution is 5.87. The van der Waals surface area contributed by atoms with E-state index in [-0.39, 0.29) is 12.2 Å². The molecule has 2 aromatic rings. The molecule has 0 saturated carbocycles. The molecule has 2 rings (SSSR count). The molecule has 104 valence electrons. The molecule has 1 aromatic heterocycles. The van der Waals surface area contributed by atoms with Gasteiger partial charge in [0, 0.05) is 17.8 Å². The molecule has 0 radical (unpaired) electrons. The topological polar surface area (TPSA) is 68.7 Å². The molecular formula is C15H15NO4. The quantitative estimate of drug-likeness (QED) is 0.907. The van der Waals surface area contributed by atoms with Crippen LogP contribution in [0.1, 0.15) is 21.7 Å². The normalized spacial score (nSPS) is 10.1. The van der Waals surface area contributed by atoms with Crippen molar-refractivity contribution in [3.63, 3.8) is 0 Å². The lowest BCUT2D eigenvalue weighted by Crippen LogP contribution is -2.02. The predicted octanol–water partition coefficient (Wildman–Crippen LogP) is 2.68. The summed E-state index contributed by atoms with van der Waals surface area (Å²) < 4.78 is 10.7. The smallest absolute Gasteiger partial charge is 0.335 e. The van der Waals surface area contributed by atoms with Gasteiger partial charge in [0.25, 0.3) is 0 Å². The van der Waals surface area contributed by atoms with Gasteiger partial charge in [-0.2, -0.15) is 0 Å². The van der Waals surface area contributed by atoms with E-state index >= 15 is 0 Å². The summed E-state index contributed by atoms with van der Waals surface area (Å²) in [5.41, 5.74) is 1.75. The second-order valence-corrected chi connectivity index (χ2v) is 4.26. The van der Waals surface area contributed by atoms with E-state index in [4.69, 9.17) is 14.6 Å². The van der Waals surface area contributed by atoms with E-state index in [9.17, 15) is 4.79 Å². The molecule has 5 nitrogen and oxygen atoms in total. The monoisotopic (exact) mass is 273 g/mol. The Bertz CT molecular complexity index is 625. The molecule has 1 N–H and O–H groups in total. The van der Waals surface area contributed by atoms with Gasteiger partial charge in [0.05, 0.1) is 18.4 Å². The predicted molar refractivity (Wildman–Crippen MR) is 73.3 cm³/mol. The Balaban J connectivity index is 2.10. The fourth-order valence-corrected chi connectivity index (χ4v) is 1.77. The van der Waals surface area contributed by atoms with Crippen LogP contribution in [0, 0.1) is 6.92 Å². The molecule has 1 aromatic carbocycles. The zero-order chi connectivity index (χ0) is 14.5. The second-order valence-electron chi connectivity index (χ2n) is 4.26. The van der Waals surface area contributed by atoms with E-state index in [0.29, 0.717) is 5.75 Å². The first-order valence-corrected chi connectivity index (χ1v) is 6.06. The number of pyridine rings is 1. The molecule has 0 aliphatic carbocycles. The van der Waals surface area contributed by atoms with Gasteiger partial charge in [-0.05, 0) is 25.1 Å². The van der Waals surface area contributed by atoms with Crippen molar-refractivity contribution in [3.8, 4) is 11.5 Å². The first-order chi connectivity index (χ1) is 9.58. The summed E-state index contributed by atoms with van der Waals surface area (Å²) in [6.45, 7) is 2.12. The van der Waals surface area contributed by atoms with Gasteiger partial charge >= 0.3 is 5.97 Å². The lowest BCUT2D eigenvalue weighted by atomic mass is 10.2. The highest BCUT2D eigenvalue weighted by Crippen LogP contribution is 2.17. The Morgan fingerprint density at radius 3 is 2.75 bits per heavy atom. The highest BCUT2D eigenvalue weighted by Gasteiger charge is 2.05. The Morgan fingerprint density at radius 2 is 2.05 bits per heavy atom. The molecule has 0 unspecified atom stereocenters. The fourth-order valence-electron chi connectivity index (χ4n) is 1.77. The van der Waals surface area contributed by atoms with Crippen LogP contribution in [0.3, 0.4) is 0 Å². The zero-order valence-corrected chi connectivity index (χ0v) is 11.3. The SMILES string of the molecule is COc1cc(C)nc(COc2cccc(C(=O)O)c2)c1. The summed E-state index contributed by atoms with van der Waals surface area (Å²) in [4.78, 5) is 15.2. The van der Waals surface area contributed by atoms with E-state index in [1.807, 2.05) is 13.0 Å². The molecule has 0 atom stereocenters. The number of nitrogens with zero attached hydrogens (tertiary/aromatic N) is 1. The molecule has 0 aliphatic heterocycles. The van der Waals surface area contributed by atoms with E-state index in [2.05, 4.69) is 4.98 Å². The standard InChI is InChI=1S/C15H15NO4/c1-10-6-14(19-2)8-12(16-10)9-20-13-5-3-4-11(7-13)15(17)18/h3-8H,9H2,1-2H3,(H,17,18). The molecule has 1 heterocycles. The van der Waals surface area contributed by atoms with Gasteiger partial charge in [-0.15, -0.1) is 0 Å². The van der Waals surface area contributed by atoms with Crippen molar-refractivity contribution < 1.29 is 19.4 Å². The number of ether oxygens (including phenoxy) is 2. The van der Waals surface area contributed by atoms with Gasteiger partial charge in [-0.3, -0.25) is 4.98 Å². The maximum Gasteiger partial charge on any atom is 0.335 e. The molecule has 0 amide bonds. The first kappa shape index (κ1) is 13.9.